The average Bonchev–Trinajstić information content (AvgIpc) is 3.49. The molecule has 3 aliphatic heterocycles. The number of likely N-dealkylation sites (tertiary alicyclic amines) is 2. The lowest BCUT2D eigenvalue weighted by atomic mass is 9.73. The summed E-state index contributed by atoms with van der Waals surface area (Å²) in [4.78, 5) is 17.2. The van der Waals surface area contributed by atoms with Gasteiger partial charge in [-0.1, -0.05) is 23.8 Å². The molecule has 5 N–H and O–H groups in total. The zero-order valence-electron chi connectivity index (χ0n) is 18.9. The Hall–Kier alpha value is -0.500. The van der Waals surface area contributed by atoms with Gasteiger partial charge < -0.3 is 25.2 Å². The van der Waals surface area contributed by atoms with Crippen molar-refractivity contribution in [2.45, 2.75) is 42.1 Å². The lowest BCUT2D eigenvalue weighted by Gasteiger charge is -2.31. The van der Waals surface area contributed by atoms with Gasteiger partial charge in [-0.2, -0.15) is 0 Å². The minimum atomic E-state index is -0.936. The Bertz CT molecular complexity index is 775. The second-order valence-corrected chi connectivity index (χ2v) is 12.4. The number of allylic oxidation sites excluding steroid dienone is 2. The highest BCUT2D eigenvalue weighted by Gasteiger charge is 2.56. The second kappa shape index (κ2) is 11.0. The topological polar surface area (TPSA) is 109 Å². The Morgan fingerprint density at radius 1 is 1.48 bits per heavy atom. The molecule has 186 valence electrons. The van der Waals surface area contributed by atoms with Crippen LogP contribution in [0.25, 0.3) is 0 Å². The molecule has 0 bridgehead atoms. The first-order chi connectivity index (χ1) is 15.8. The predicted molar refractivity (Wildman–Crippen MR) is 133 cm³/mol. The third kappa shape index (κ3) is 5.84. The standard InChI is InChI=1S/C21H34ClN5O4S2/c1-13(28)23-6-8-32-17-10-24-18(33-17)25-19(29)27-12-21(5-7-26(11-21)20(30)31-2)15-9-14(22)3-4-16(15)27/h3-4,9,13,15-18,20,23-24,28,30H,5-8,10-12H2,1-2H3,(H,25,29). The van der Waals surface area contributed by atoms with Gasteiger partial charge in [0.25, 0.3) is 0 Å². The quantitative estimate of drug-likeness (QED) is 0.236. The zero-order valence-corrected chi connectivity index (χ0v) is 21.3. The fourth-order valence-corrected chi connectivity index (χ4v) is 7.90. The SMILES string of the molecule is COC(O)N1CCC2(C1)CN(C(=O)NC1NCC(SCCNC(C)O)S1)C1C=CC(Cl)=CC12. The third-order valence-electron chi connectivity index (χ3n) is 6.77. The number of aliphatic hydroxyl groups excluding tert-OH is 2. The van der Waals surface area contributed by atoms with Gasteiger partial charge in [0.1, 0.15) is 11.7 Å². The highest BCUT2D eigenvalue weighted by atomic mass is 35.5. The van der Waals surface area contributed by atoms with Crippen LogP contribution in [0.3, 0.4) is 0 Å². The van der Waals surface area contributed by atoms with E-state index >= 15 is 0 Å². The molecule has 4 rings (SSSR count). The number of fused-ring (bicyclic) bond motifs is 2. The minimum Gasteiger partial charge on any atom is -0.379 e. The van der Waals surface area contributed by atoms with Gasteiger partial charge in [-0.25, -0.2) is 4.79 Å². The lowest BCUT2D eigenvalue weighted by molar-refractivity contribution is -0.171. The van der Waals surface area contributed by atoms with E-state index in [9.17, 15) is 15.0 Å². The Kier molecular flexibility index (Phi) is 8.57. The molecule has 0 radical (unpaired) electrons. The molecule has 1 spiro atoms. The minimum absolute atomic E-state index is 0.0599. The van der Waals surface area contributed by atoms with Crippen LogP contribution in [0, 0.1) is 11.3 Å². The molecule has 3 fully saturated rings. The molecular weight excluding hydrogens is 486 g/mol. The summed E-state index contributed by atoms with van der Waals surface area (Å²) in [6.07, 6.45) is 5.40. The van der Waals surface area contributed by atoms with Gasteiger partial charge in [-0.3, -0.25) is 15.5 Å². The van der Waals surface area contributed by atoms with Crippen molar-refractivity contribution >= 4 is 41.2 Å². The largest absolute Gasteiger partial charge is 0.379 e. The number of carbonyl (C=O) groups is 1. The van der Waals surface area contributed by atoms with Gasteiger partial charge in [0.15, 0.2) is 0 Å². The number of methoxy groups -OCH3 is 1. The summed E-state index contributed by atoms with van der Waals surface area (Å²) in [5, 5.41) is 29.7. The maximum atomic E-state index is 13.3. The number of carbonyl (C=O) groups excluding carboxylic acids is 1. The van der Waals surface area contributed by atoms with Crippen LogP contribution >= 0.6 is 35.1 Å². The summed E-state index contributed by atoms with van der Waals surface area (Å²) in [5.74, 6) is 0.995. The van der Waals surface area contributed by atoms with Crippen molar-refractivity contribution in [2.24, 2.45) is 11.3 Å². The highest BCUT2D eigenvalue weighted by molar-refractivity contribution is 8.17. The average molecular weight is 520 g/mol. The normalized spacial score (nSPS) is 35.7. The first kappa shape index (κ1) is 25.6. The molecule has 0 saturated carbocycles. The van der Waals surface area contributed by atoms with E-state index in [1.807, 2.05) is 33.7 Å². The number of nitrogens with zero attached hydrogens (tertiary/aromatic N) is 2. The van der Waals surface area contributed by atoms with Crippen LogP contribution in [-0.4, -0.2) is 100 Å². The highest BCUT2D eigenvalue weighted by Crippen LogP contribution is 2.50. The number of halogens is 1. The molecule has 4 aliphatic rings. The monoisotopic (exact) mass is 519 g/mol. The Labute approximate surface area is 208 Å². The third-order valence-corrected chi connectivity index (χ3v) is 9.77. The van der Waals surface area contributed by atoms with Gasteiger partial charge in [-0.15, -0.1) is 23.5 Å². The molecule has 9 nitrogen and oxygen atoms in total. The number of nitrogens with one attached hydrogen (secondary N) is 3. The summed E-state index contributed by atoms with van der Waals surface area (Å²) >= 11 is 9.88. The summed E-state index contributed by atoms with van der Waals surface area (Å²) in [6, 6.07) is -0.148. The van der Waals surface area contributed by atoms with Crippen LogP contribution < -0.4 is 16.0 Å². The van der Waals surface area contributed by atoms with Crippen molar-refractivity contribution < 1.29 is 19.7 Å². The zero-order chi connectivity index (χ0) is 23.6. The first-order valence-corrected chi connectivity index (χ1v) is 13.7. The van der Waals surface area contributed by atoms with Gasteiger partial charge in [0, 0.05) is 62.0 Å². The van der Waals surface area contributed by atoms with Crippen LogP contribution in [0.1, 0.15) is 13.3 Å². The Morgan fingerprint density at radius 3 is 3.06 bits per heavy atom. The number of urea groups is 1. The van der Waals surface area contributed by atoms with Crippen LogP contribution in [-0.2, 0) is 4.74 Å². The summed E-state index contributed by atoms with van der Waals surface area (Å²) in [7, 11) is 1.49. The number of amides is 2. The smallest absolute Gasteiger partial charge is 0.319 e. The number of rotatable bonds is 8. The summed E-state index contributed by atoms with van der Waals surface area (Å²) in [6.45, 7) is 5.23. The molecular formula is C21H34ClN5O4S2. The molecule has 2 amide bonds. The molecule has 3 heterocycles. The van der Waals surface area contributed by atoms with Crippen molar-refractivity contribution in [3.63, 3.8) is 0 Å². The van der Waals surface area contributed by atoms with Crippen LogP contribution in [0.4, 0.5) is 4.79 Å². The van der Waals surface area contributed by atoms with E-state index in [0.29, 0.717) is 29.2 Å². The molecule has 7 atom stereocenters. The van der Waals surface area contributed by atoms with Gasteiger partial charge >= 0.3 is 6.03 Å². The van der Waals surface area contributed by atoms with Crippen LogP contribution in [0.15, 0.2) is 23.3 Å². The van der Waals surface area contributed by atoms with E-state index in [2.05, 4.69) is 22.0 Å². The van der Waals surface area contributed by atoms with Crippen molar-refractivity contribution in [1.82, 2.24) is 25.8 Å². The van der Waals surface area contributed by atoms with E-state index in [1.54, 1.807) is 18.7 Å². The first-order valence-electron chi connectivity index (χ1n) is 11.3. The fourth-order valence-electron chi connectivity index (χ4n) is 5.19. The van der Waals surface area contributed by atoms with Crippen LogP contribution in [0.5, 0.6) is 0 Å². The molecule has 7 unspecified atom stereocenters. The van der Waals surface area contributed by atoms with E-state index in [1.165, 1.54) is 7.11 Å². The molecule has 33 heavy (non-hydrogen) atoms. The molecule has 1 aliphatic carbocycles. The second-order valence-electron chi connectivity index (χ2n) is 9.00. The molecule has 0 aromatic heterocycles. The molecule has 0 aromatic carbocycles. The number of ether oxygens (including phenoxy) is 1. The van der Waals surface area contributed by atoms with Gasteiger partial charge in [0.2, 0.25) is 6.41 Å². The van der Waals surface area contributed by atoms with Gasteiger partial charge in [-0.05, 0) is 19.4 Å². The molecule has 3 saturated heterocycles. The maximum absolute atomic E-state index is 13.3. The summed E-state index contributed by atoms with van der Waals surface area (Å²) in [5.41, 5.74) is -0.311. The fraction of sp³-hybridized carbons (Fsp3) is 0.762. The number of aliphatic hydroxyl groups is 2. The van der Waals surface area contributed by atoms with E-state index in [0.717, 1.165) is 25.3 Å². The Balaban J connectivity index is 1.35. The van der Waals surface area contributed by atoms with E-state index < -0.39 is 12.6 Å². The number of hydrogen-bond donors (Lipinski definition) is 5. The maximum Gasteiger partial charge on any atom is 0.319 e. The lowest BCUT2D eigenvalue weighted by Crippen LogP contribution is -2.49. The van der Waals surface area contributed by atoms with Gasteiger partial charge in [0.05, 0.1) is 10.6 Å². The van der Waals surface area contributed by atoms with Crippen molar-refractivity contribution in [1.29, 1.82) is 0 Å². The van der Waals surface area contributed by atoms with Crippen molar-refractivity contribution in [2.75, 3.05) is 45.6 Å². The number of thioether (sulfide) groups is 2. The summed E-state index contributed by atoms with van der Waals surface area (Å²) < 4.78 is 5.46. The number of hydrogen-bond acceptors (Lipinski definition) is 9. The molecule has 12 heteroatoms. The van der Waals surface area contributed by atoms with Crippen molar-refractivity contribution in [3.05, 3.63) is 23.3 Å². The molecule has 0 aromatic rings. The predicted octanol–water partition coefficient (Wildman–Crippen LogP) is 0.911. The van der Waals surface area contributed by atoms with E-state index in [4.69, 9.17) is 16.3 Å². The van der Waals surface area contributed by atoms with Crippen molar-refractivity contribution in [3.8, 4) is 0 Å². The van der Waals surface area contributed by atoms with E-state index in [-0.39, 0.29) is 28.9 Å². The Morgan fingerprint density at radius 2 is 2.30 bits per heavy atom. The van der Waals surface area contributed by atoms with Crippen LogP contribution in [0.2, 0.25) is 0 Å².